The molecule has 0 radical (unpaired) electrons. The van der Waals surface area contributed by atoms with Gasteiger partial charge in [-0.15, -0.1) is 0 Å². The van der Waals surface area contributed by atoms with Crippen molar-refractivity contribution in [3.63, 3.8) is 0 Å². The zero-order valence-corrected chi connectivity index (χ0v) is 18.0. The molecule has 1 aliphatic heterocycles. The van der Waals surface area contributed by atoms with Gasteiger partial charge in [-0.3, -0.25) is 4.79 Å². The molecule has 1 amide bonds. The first-order chi connectivity index (χ1) is 13.2. The first-order valence-corrected chi connectivity index (χ1v) is 11.0. The lowest BCUT2D eigenvalue weighted by Gasteiger charge is -2.54. The number of carbonyl (C=O) groups excluding carboxylic acids is 1. The molecule has 0 saturated carbocycles. The van der Waals surface area contributed by atoms with E-state index in [4.69, 9.17) is 5.73 Å². The molecule has 3 N–H and O–H groups in total. The lowest BCUT2D eigenvalue weighted by molar-refractivity contribution is -0.140. The number of aliphatic hydroxyl groups is 1. The molecule has 2 heterocycles. The summed E-state index contributed by atoms with van der Waals surface area (Å²) in [5.41, 5.74) is 6.05. The fourth-order valence-electron chi connectivity index (χ4n) is 4.75. The average molecular weight is 404 g/mol. The van der Waals surface area contributed by atoms with Gasteiger partial charge in [0.15, 0.2) is 0 Å². The fraction of sp³-hybridized carbons (Fsp3) is 0.591. The Balaban J connectivity index is 1.79. The third-order valence-electron chi connectivity index (χ3n) is 6.43. The van der Waals surface area contributed by atoms with Crippen LogP contribution in [0, 0.1) is 11.3 Å². The molecule has 1 fully saturated rings. The van der Waals surface area contributed by atoms with E-state index in [2.05, 4.69) is 47.6 Å². The Hall–Kier alpha value is -1.47. The molecule has 1 saturated heterocycles. The van der Waals surface area contributed by atoms with Crippen LogP contribution in [0.25, 0.3) is 0 Å². The summed E-state index contributed by atoms with van der Waals surface area (Å²) in [6.45, 7) is 5.62. The topological polar surface area (TPSA) is 69.8 Å². The van der Waals surface area contributed by atoms with E-state index in [1.807, 2.05) is 12.2 Å². The van der Waals surface area contributed by atoms with Crippen molar-refractivity contribution in [3.05, 3.63) is 46.2 Å². The van der Waals surface area contributed by atoms with Crippen molar-refractivity contribution in [1.29, 1.82) is 0 Å². The molecule has 0 aromatic carbocycles. The molecule has 1 aromatic rings. The third kappa shape index (κ3) is 4.40. The standard InChI is InChI=1S/C22H33N3O2S/c1-21(8-4-5-18(13-21)20(23)26)22(27)9-11-25(15-19(22)14-24(2)3)10-6-17-7-12-28-16-17/h4-5,7,12-13,16,19,27H,6,8-11,14-15H2,1-3H3,(H2,23,26)/t19-,21?,22+/m1/s1. The number of rotatable bonds is 7. The van der Waals surface area contributed by atoms with Crippen molar-refractivity contribution in [3.8, 4) is 0 Å². The second-order valence-electron chi connectivity index (χ2n) is 8.80. The van der Waals surface area contributed by atoms with E-state index in [1.165, 1.54) is 5.56 Å². The van der Waals surface area contributed by atoms with Crippen LogP contribution < -0.4 is 5.73 Å². The second kappa shape index (κ2) is 8.49. The maximum atomic E-state index is 12.0. The summed E-state index contributed by atoms with van der Waals surface area (Å²) in [5, 5.41) is 16.3. The van der Waals surface area contributed by atoms with Crippen molar-refractivity contribution in [2.75, 3.05) is 40.3 Å². The average Bonchev–Trinajstić information content (AvgIpc) is 3.15. The minimum atomic E-state index is -0.873. The van der Waals surface area contributed by atoms with Gasteiger partial charge in [-0.05, 0) is 55.7 Å². The van der Waals surface area contributed by atoms with Crippen molar-refractivity contribution in [2.45, 2.75) is 31.8 Å². The highest BCUT2D eigenvalue weighted by atomic mass is 32.1. The van der Waals surface area contributed by atoms with E-state index in [0.29, 0.717) is 12.0 Å². The van der Waals surface area contributed by atoms with E-state index in [9.17, 15) is 9.90 Å². The fourth-order valence-corrected chi connectivity index (χ4v) is 5.45. The summed E-state index contributed by atoms with van der Waals surface area (Å²) in [5.74, 6) is -0.330. The zero-order chi connectivity index (χ0) is 20.4. The number of primary amides is 1. The predicted octanol–water partition coefficient (Wildman–Crippen LogP) is 2.28. The van der Waals surface area contributed by atoms with E-state index in [0.717, 1.165) is 39.0 Å². The molecule has 1 aromatic heterocycles. The van der Waals surface area contributed by atoms with Gasteiger partial charge in [0.05, 0.1) is 5.60 Å². The lowest BCUT2D eigenvalue weighted by Crippen LogP contribution is -2.62. The predicted molar refractivity (Wildman–Crippen MR) is 115 cm³/mol. The van der Waals surface area contributed by atoms with Crippen LogP contribution in [0.5, 0.6) is 0 Å². The van der Waals surface area contributed by atoms with E-state index in [-0.39, 0.29) is 5.92 Å². The van der Waals surface area contributed by atoms with E-state index >= 15 is 0 Å². The van der Waals surface area contributed by atoms with Crippen LogP contribution in [-0.4, -0.2) is 66.7 Å². The maximum absolute atomic E-state index is 12.0. The monoisotopic (exact) mass is 403 g/mol. The quantitative estimate of drug-likeness (QED) is 0.733. The molecule has 3 rings (SSSR count). The van der Waals surface area contributed by atoms with Crippen LogP contribution in [0.1, 0.15) is 25.3 Å². The van der Waals surface area contributed by atoms with Gasteiger partial charge in [0.1, 0.15) is 0 Å². The van der Waals surface area contributed by atoms with Crippen molar-refractivity contribution in [1.82, 2.24) is 9.80 Å². The summed E-state index contributed by atoms with van der Waals surface area (Å²) < 4.78 is 0. The highest BCUT2D eigenvalue weighted by Crippen LogP contribution is 2.48. The Bertz CT molecular complexity index is 743. The number of nitrogens with zero attached hydrogens (tertiary/aromatic N) is 2. The smallest absolute Gasteiger partial charge is 0.248 e. The number of nitrogens with two attached hydrogens (primary N) is 1. The number of hydrogen-bond donors (Lipinski definition) is 2. The molecule has 0 spiro atoms. The van der Waals surface area contributed by atoms with Crippen LogP contribution in [0.4, 0.5) is 0 Å². The number of likely N-dealkylation sites (tertiary alicyclic amines) is 1. The Morgan fingerprint density at radius 2 is 2.25 bits per heavy atom. The molecule has 1 unspecified atom stereocenters. The molecular formula is C22H33N3O2S. The van der Waals surface area contributed by atoms with Gasteiger partial charge in [-0.1, -0.05) is 25.2 Å². The van der Waals surface area contributed by atoms with Gasteiger partial charge in [-0.2, -0.15) is 11.3 Å². The van der Waals surface area contributed by atoms with Gasteiger partial charge in [0.25, 0.3) is 0 Å². The molecule has 2 aliphatic rings. The highest BCUT2D eigenvalue weighted by Gasteiger charge is 2.53. The SMILES string of the molecule is CN(C)C[C@@H]1CN(CCc2ccsc2)CC[C@@]1(O)C1(C)C=C(C(N)=O)C=CC1. The van der Waals surface area contributed by atoms with Gasteiger partial charge in [-0.25, -0.2) is 0 Å². The number of piperidine rings is 1. The first kappa shape index (κ1) is 21.2. The summed E-state index contributed by atoms with van der Waals surface area (Å²) in [7, 11) is 4.11. The Kier molecular flexibility index (Phi) is 6.44. The number of thiophene rings is 1. The summed E-state index contributed by atoms with van der Waals surface area (Å²) in [6, 6.07) is 2.19. The Labute approximate surface area is 172 Å². The summed E-state index contributed by atoms with van der Waals surface area (Å²) >= 11 is 1.74. The zero-order valence-electron chi connectivity index (χ0n) is 17.2. The molecule has 0 bridgehead atoms. The molecule has 154 valence electrons. The van der Waals surface area contributed by atoms with Crippen LogP contribution in [-0.2, 0) is 11.2 Å². The normalized spacial score (nSPS) is 31.2. The van der Waals surface area contributed by atoms with E-state index < -0.39 is 16.9 Å². The molecule has 5 nitrogen and oxygen atoms in total. The molecule has 3 atom stereocenters. The number of carbonyl (C=O) groups is 1. The summed E-state index contributed by atoms with van der Waals surface area (Å²) in [4.78, 5) is 16.4. The van der Waals surface area contributed by atoms with Crippen molar-refractivity contribution >= 4 is 17.2 Å². The first-order valence-electron chi connectivity index (χ1n) is 10.0. The van der Waals surface area contributed by atoms with Crippen LogP contribution in [0.2, 0.25) is 0 Å². The minimum Gasteiger partial charge on any atom is -0.389 e. The van der Waals surface area contributed by atoms with Gasteiger partial charge in [0, 0.05) is 43.1 Å². The highest BCUT2D eigenvalue weighted by molar-refractivity contribution is 7.07. The molecular weight excluding hydrogens is 370 g/mol. The maximum Gasteiger partial charge on any atom is 0.248 e. The minimum absolute atomic E-state index is 0.0978. The van der Waals surface area contributed by atoms with Gasteiger partial charge < -0.3 is 20.6 Å². The number of amides is 1. The van der Waals surface area contributed by atoms with Gasteiger partial charge in [0.2, 0.25) is 5.91 Å². The Morgan fingerprint density at radius 1 is 1.46 bits per heavy atom. The third-order valence-corrected chi connectivity index (χ3v) is 7.16. The molecule has 6 heteroatoms. The van der Waals surface area contributed by atoms with Crippen LogP contribution in [0.3, 0.4) is 0 Å². The molecule has 1 aliphatic carbocycles. The van der Waals surface area contributed by atoms with Crippen molar-refractivity contribution in [2.24, 2.45) is 17.1 Å². The largest absolute Gasteiger partial charge is 0.389 e. The Morgan fingerprint density at radius 3 is 2.89 bits per heavy atom. The lowest BCUT2D eigenvalue weighted by atomic mass is 9.60. The van der Waals surface area contributed by atoms with Gasteiger partial charge >= 0.3 is 0 Å². The molecule has 28 heavy (non-hydrogen) atoms. The van der Waals surface area contributed by atoms with Crippen molar-refractivity contribution < 1.29 is 9.90 Å². The second-order valence-corrected chi connectivity index (χ2v) is 9.58. The van der Waals surface area contributed by atoms with Crippen LogP contribution in [0.15, 0.2) is 40.6 Å². The number of hydrogen-bond acceptors (Lipinski definition) is 5. The van der Waals surface area contributed by atoms with E-state index in [1.54, 1.807) is 17.4 Å². The van der Waals surface area contributed by atoms with Crippen LogP contribution >= 0.6 is 11.3 Å². The summed E-state index contributed by atoms with van der Waals surface area (Å²) in [6.07, 6.45) is 8.14. The number of allylic oxidation sites excluding steroid dienone is 1.